The maximum Gasteiger partial charge on any atom is 0.321 e. The average molecular weight is 528 g/mol. The van der Waals surface area contributed by atoms with E-state index in [1.165, 1.54) is 33.9 Å². The van der Waals surface area contributed by atoms with Crippen LogP contribution in [0.3, 0.4) is 0 Å². The molecule has 10 nitrogen and oxygen atoms in total. The largest absolute Gasteiger partial charge is 0.424 e. The first-order valence-electron chi connectivity index (χ1n) is 12.6. The second kappa shape index (κ2) is 10.4. The van der Waals surface area contributed by atoms with Crippen LogP contribution < -0.4 is 10.3 Å². The van der Waals surface area contributed by atoms with Crippen molar-refractivity contribution in [1.82, 2.24) is 34.2 Å². The van der Waals surface area contributed by atoms with Crippen LogP contribution in [0.2, 0.25) is 0 Å². The summed E-state index contributed by atoms with van der Waals surface area (Å²) >= 11 is 0. The molecule has 0 radical (unpaired) electrons. The Labute approximate surface area is 223 Å². The number of benzene rings is 2. The minimum absolute atomic E-state index is 0.151. The van der Waals surface area contributed by atoms with Crippen LogP contribution in [0.4, 0.5) is 4.39 Å². The first-order chi connectivity index (χ1) is 19.0. The molecular formula is C28H26FN7O3. The third kappa shape index (κ3) is 5.40. The van der Waals surface area contributed by atoms with Gasteiger partial charge in [0.05, 0.1) is 24.0 Å². The van der Waals surface area contributed by atoms with E-state index in [0.717, 1.165) is 12.1 Å². The second-order valence-corrected chi connectivity index (χ2v) is 9.73. The molecule has 0 bridgehead atoms. The zero-order valence-electron chi connectivity index (χ0n) is 21.0. The number of hydrogen-bond acceptors (Lipinski definition) is 8. The summed E-state index contributed by atoms with van der Waals surface area (Å²) in [6.45, 7) is 2.28. The summed E-state index contributed by atoms with van der Waals surface area (Å²) in [6, 6.07) is 15.6. The highest BCUT2D eigenvalue weighted by Crippen LogP contribution is 2.26. The maximum atomic E-state index is 13.3. The molecular weight excluding hydrogens is 501 g/mol. The van der Waals surface area contributed by atoms with Gasteiger partial charge in [0.2, 0.25) is 0 Å². The first-order valence-corrected chi connectivity index (χ1v) is 12.6. The van der Waals surface area contributed by atoms with Gasteiger partial charge in [-0.1, -0.05) is 12.1 Å². The molecule has 6 rings (SSSR count). The van der Waals surface area contributed by atoms with Gasteiger partial charge in [-0.05, 0) is 60.9 Å². The lowest BCUT2D eigenvalue weighted by atomic mass is 9.91. The molecule has 198 valence electrons. The maximum absolute atomic E-state index is 13.3. The number of ether oxygens (including phenoxy) is 1. The van der Waals surface area contributed by atoms with Crippen molar-refractivity contribution < 1.29 is 14.2 Å². The Bertz CT molecular complexity index is 1630. The van der Waals surface area contributed by atoms with E-state index in [4.69, 9.17) is 4.74 Å². The van der Waals surface area contributed by atoms with Crippen molar-refractivity contribution in [1.29, 1.82) is 0 Å². The first kappa shape index (κ1) is 24.8. The number of fused-ring (bicyclic) bond motifs is 1. The third-order valence-electron chi connectivity index (χ3n) is 6.96. The third-order valence-corrected chi connectivity index (χ3v) is 6.96. The van der Waals surface area contributed by atoms with Crippen LogP contribution in [0.5, 0.6) is 11.8 Å². The van der Waals surface area contributed by atoms with E-state index in [2.05, 4.69) is 25.0 Å². The van der Waals surface area contributed by atoms with Gasteiger partial charge in [0.15, 0.2) is 5.65 Å². The van der Waals surface area contributed by atoms with Crippen LogP contribution >= 0.6 is 0 Å². The summed E-state index contributed by atoms with van der Waals surface area (Å²) in [5.74, 6) is 0.309. The van der Waals surface area contributed by atoms with Gasteiger partial charge in [0.25, 0.3) is 5.56 Å². The highest BCUT2D eigenvalue weighted by Gasteiger charge is 2.33. The molecule has 11 heteroatoms. The molecule has 0 atom stereocenters. The van der Waals surface area contributed by atoms with E-state index >= 15 is 0 Å². The molecule has 1 aliphatic heterocycles. The molecule has 0 amide bonds. The SMILES string of the molecule is O=c1c2cnn(-c3ccc(F)cc3)c2ncn1CC1(O)CCN(Cc2ccc(Oc3ncccn3)cc2)CC1. The fourth-order valence-corrected chi connectivity index (χ4v) is 4.80. The van der Waals surface area contributed by atoms with Crippen LogP contribution in [0.25, 0.3) is 16.7 Å². The molecule has 3 aromatic heterocycles. The Morgan fingerprint density at radius 2 is 1.69 bits per heavy atom. The van der Waals surface area contributed by atoms with E-state index in [-0.39, 0.29) is 17.9 Å². The van der Waals surface area contributed by atoms with E-state index in [1.54, 1.807) is 30.6 Å². The Hall–Kier alpha value is -4.48. The Morgan fingerprint density at radius 1 is 0.974 bits per heavy atom. The van der Waals surface area contributed by atoms with Gasteiger partial charge in [-0.2, -0.15) is 5.10 Å². The van der Waals surface area contributed by atoms with Gasteiger partial charge in [-0.15, -0.1) is 0 Å². The van der Waals surface area contributed by atoms with Gasteiger partial charge >= 0.3 is 6.01 Å². The van der Waals surface area contributed by atoms with Gasteiger partial charge in [0.1, 0.15) is 23.3 Å². The van der Waals surface area contributed by atoms with Crippen LogP contribution in [0.1, 0.15) is 18.4 Å². The van der Waals surface area contributed by atoms with Crippen LogP contribution in [-0.2, 0) is 13.1 Å². The molecule has 0 saturated carbocycles. The van der Waals surface area contributed by atoms with Gasteiger partial charge in [-0.3, -0.25) is 14.3 Å². The summed E-state index contributed by atoms with van der Waals surface area (Å²) in [5.41, 5.74) is 0.834. The summed E-state index contributed by atoms with van der Waals surface area (Å²) in [4.78, 5) is 28.0. The molecule has 4 heterocycles. The smallest absolute Gasteiger partial charge is 0.321 e. The molecule has 1 N–H and O–H groups in total. The Morgan fingerprint density at radius 3 is 2.41 bits per heavy atom. The number of halogens is 1. The average Bonchev–Trinajstić information content (AvgIpc) is 3.39. The van der Waals surface area contributed by atoms with E-state index < -0.39 is 5.60 Å². The van der Waals surface area contributed by atoms with Gasteiger partial charge in [-0.25, -0.2) is 24.0 Å². The Balaban J connectivity index is 1.08. The normalized spacial score (nSPS) is 15.4. The van der Waals surface area contributed by atoms with Crippen molar-refractivity contribution in [2.75, 3.05) is 13.1 Å². The quantitative estimate of drug-likeness (QED) is 0.343. The number of aliphatic hydroxyl groups is 1. The van der Waals surface area contributed by atoms with Crippen molar-refractivity contribution in [3.05, 3.63) is 101 Å². The number of piperidine rings is 1. The highest BCUT2D eigenvalue weighted by atomic mass is 19.1. The van der Waals surface area contributed by atoms with Crippen molar-refractivity contribution in [3.63, 3.8) is 0 Å². The van der Waals surface area contributed by atoms with Crippen LogP contribution in [0, 0.1) is 5.82 Å². The van der Waals surface area contributed by atoms with Crippen molar-refractivity contribution >= 4 is 11.0 Å². The number of likely N-dealkylation sites (tertiary alicyclic amines) is 1. The van der Waals surface area contributed by atoms with Crippen molar-refractivity contribution in [2.24, 2.45) is 0 Å². The Kier molecular flexibility index (Phi) is 6.59. The lowest BCUT2D eigenvalue weighted by molar-refractivity contribution is -0.0364. The monoisotopic (exact) mass is 527 g/mol. The number of aromatic nitrogens is 6. The molecule has 39 heavy (non-hydrogen) atoms. The minimum atomic E-state index is -1.02. The van der Waals surface area contributed by atoms with E-state index in [9.17, 15) is 14.3 Å². The van der Waals surface area contributed by atoms with Crippen LogP contribution in [0.15, 0.2) is 84.3 Å². The van der Waals surface area contributed by atoms with Gasteiger partial charge < -0.3 is 9.84 Å². The predicted octanol–water partition coefficient (Wildman–Crippen LogP) is 3.33. The molecule has 5 aromatic rings. The number of nitrogens with zero attached hydrogens (tertiary/aromatic N) is 7. The molecule has 0 aliphatic carbocycles. The molecule has 2 aromatic carbocycles. The standard InChI is InChI=1S/C28H26FN7O3/c29-21-4-6-22(7-5-21)36-25-24(16-33-36)26(37)35(19-32-25)18-28(38)10-14-34(15-11-28)17-20-2-8-23(9-3-20)39-27-30-12-1-13-31-27/h1-9,12-13,16,19,38H,10-11,14-15,17-18H2. The number of hydrogen-bond donors (Lipinski definition) is 1. The summed E-state index contributed by atoms with van der Waals surface area (Å²) < 4.78 is 21.9. The molecule has 1 saturated heterocycles. The predicted molar refractivity (Wildman–Crippen MR) is 141 cm³/mol. The molecule has 1 fully saturated rings. The summed E-state index contributed by atoms with van der Waals surface area (Å²) in [5, 5.41) is 15.9. The topological polar surface area (TPSA) is 111 Å². The van der Waals surface area contributed by atoms with E-state index in [0.29, 0.717) is 54.4 Å². The van der Waals surface area contributed by atoms with Crippen molar-refractivity contribution in [2.45, 2.75) is 31.5 Å². The number of rotatable bonds is 7. The zero-order chi connectivity index (χ0) is 26.8. The molecule has 0 spiro atoms. The molecule has 0 unspecified atom stereocenters. The van der Waals surface area contributed by atoms with Crippen LogP contribution in [-0.4, -0.2) is 58.0 Å². The second-order valence-electron chi connectivity index (χ2n) is 9.73. The highest BCUT2D eigenvalue weighted by molar-refractivity contribution is 5.74. The lowest BCUT2D eigenvalue weighted by Crippen LogP contribution is -2.47. The van der Waals surface area contributed by atoms with Gasteiger partial charge in [0, 0.05) is 32.0 Å². The van der Waals surface area contributed by atoms with E-state index in [1.807, 2.05) is 24.3 Å². The minimum Gasteiger partial charge on any atom is -0.424 e. The summed E-state index contributed by atoms with van der Waals surface area (Å²) in [6.07, 6.45) is 7.21. The summed E-state index contributed by atoms with van der Waals surface area (Å²) in [7, 11) is 0. The fourth-order valence-electron chi connectivity index (χ4n) is 4.80. The lowest BCUT2D eigenvalue weighted by Gasteiger charge is -2.38. The zero-order valence-corrected chi connectivity index (χ0v) is 21.0. The fraction of sp³-hybridized carbons (Fsp3) is 0.250. The molecule has 1 aliphatic rings. The van der Waals surface area contributed by atoms with Crippen molar-refractivity contribution in [3.8, 4) is 17.4 Å².